The molecular formula is C9H7O3. The maximum absolute atomic E-state index is 10.3. The van der Waals surface area contributed by atoms with Crippen molar-refractivity contribution in [1.29, 1.82) is 0 Å². The van der Waals surface area contributed by atoms with Crippen molar-refractivity contribution >= 4 is 6.29 Å². The van der Waals surface area contributed by atoms with Gasteiger partial charge in [0.15, 0.2) is 11.5 Å². The van der Waals surface area contributed by atoms with Crippen molar-refractivity contribution in [2.75, 3.05) is 0 Å². The van der Waals surface area contributed by atoms with E-state index in [1.807, 2.05) is 6.92 Å². The van der Waals surface area contributed by atoms with Gasteiger partial charge < -0.3 is 9.47 Å². The van der Waals surface area contributed by atoms with Crippen LogP contribution in [-0.2, 0) is 4.79 Å². The first-order valence-electron chi connectivity index (χ1n) is 3.60. The third-order valence-electron chi connectivity index (χ3n) is 1.62. The van der Waals surface area contributed by atoms with Crippen molar-refractivity contribution in [3.05, 3.63) is 23.8 Å². The van der Waals surface area contributed by atoms with Crippen molar-refractivity contribution in [2.45, 2.75) is 13.2 Å². The highest BCUT2D eigenvalue weighted by Crippen LogP contribution is 2.34. The van der Waals surface area contributed by atoms with E-state index in [9.17, 15) is 4.79 Å². The predicted octanol–water partition coefficient (Wildman–Crippen LogP) is 1.09. The van der Waals surface area contributed by atoms with Crippen molar-refractivity contribution in [2.24, 2.45) is 0 Å². The zero-order chi connectivity index (χ0) is 8.55. The van der Waals surface area contributed by atoms with Gasteiger partial charge >= 0.3 is 0 Å². The molecule has 0 aliphatic carbocycles. The van der Waals surface area contributed by atoms with Crippen LogP contribution in [0.4, 0.5) is 0 Å². The zero-order valence-electron chi connectivity index (χ0n) is 6.53. The molecule has 1 unspecified atom stereocenters. The fraction of sp³-hybridized carbons (Fsp3) is 0.222. The first kappa shape index (κ1) is 7.16. The quantitative estimate of drug-likeness (QED) is 0.581. The summed E-state index contributed by atoms with van der Waals surface area (Å²) in [6.07, 6.45) is -0.162. The minimum atomic E-state index is -0.782. The van der Waals surface area contributed by atoms with Crippen LogP contribution in [0.1, 0.15) is 5.56 Å². The summed E-state index contributed by atoms with van der Waals surface area (Å²) in [7, 11) is 0. The minimum Gasteiger partial charge on any atom is -0.444 e. The molecule has 0 bridgehead atoms. The molecule has 0 saturated heterocycles. The van der Waals surface area contributed by atoms with Gasteiger partial charge in [0.2, 0.25) is 6.29 Å². The topological polar surface area (TPSA) is 35.5 Å². The van der Waals surface area contributed by atoms with Gasteiger partial charge in [0.05, 0.1) is 0 Å². The molecule has 3 heteroatoms. The molecule has 1 heterocycles. The van der Waals surface area contributed by atoms with Gasteiger partial charge in [0.1, 0.15) is 0 Å². The molecule has 2 rings (SSSR count). The lowest BCUT2D eigenvalue weighted by Gasteiger charge is -1.98. The van der Waals surface area contributed by atoms with Gasteiger partial charge in [-0.3, -0.25) is 4.79 Å². The molecular weight excluding hydrogens is 156 g/mol. The summed E-state index contributed by atoms with van der Waals surface area (Å²) in [5, 5.41) is 0. The lowest BCUT2D eigenvalue weighted by Crippen LogP contribution is -2.18. The predicted molar refractivity (Wildman–Crippen MR) is 41.1 cm³/mol. The summed E-state index contributed by atoms with van der Waals surface area (Å²) in [4.78, 5) is 10.3. The second-order valence-electron chi connectivity index (χ2n) is 2.58. The third kappa shape index (κ3) is 1.03. The zero-order valence-corrected chi connectivity index (χ0v) is 6.53. The number of aryl methyl sites for hydroxylation is 1. The van der Waals surface area contributed by atoms with Crippen LogP contribution in [0, 0.1) is 13.0 Å². The molecule has 1 radical (unpaired) electrons. The van der Waals surface area contributed by atoms with Crippen LogP contribution >= 0.6 is 0 Å². The highest BCUT2D eigenvalue weighted by atomic mass is 16.7. The van der Waals surface area contributed by atoms with Gasteiger partial charge in [-0.25, -0.2) is 0 Å². The lowest BCUT2D eigenvalue weighted by molar-refractivity contribution is -0.121. The standard InChI is InChI=1S/C9H7O3/c1-6-2-3-7-8(4-6)12-9(5-10)11-7/h3-5,9H,1H3. The summed E-state index contributed by atoms with van der Waals surface area (Å²) in [6, 6.07) is 6.42. The molecule has 0 spiro atoms. The average molecular weight is 163 g/mol. The molecule has 1 aliphatic heterocycles. The van der Waals surface area contributed by atoms with Crippen molar-refractivity contribution in [3.8, 4) is 11.5 Å². The third-order valence-corrected chi connectivity index (χ3v) is 1.62. The summed E-state index contributed by atoms with van der Waals surface area (Å²) < 4.78 is 10.2. The van der Waals surface area contributed by atoms with Gasteiger partial charge in [-0.15, -0.1) is 0 Å². The maximum Gasteiger partial charge on any atom is 0.297 e. The number of rotatable bonds is 1. The second-order valence-corrected chi connectivity index (χ2v) is 2.58. The fourth-order valence-electron chi connectivity index (χ4n) is 1.07. The van der Waals surface area contributed by atoms with E-state index >= 15 is 0 Å². The molecule has 12 heavy (non-hydrogen) atoms. The van der Waals surface area contributed by atoms with Crippen LogP contribution < -0.4 is 9.47 Å². The van der Waals surface area contributed by atoms with Gasteiger partial charge in [-0.2, -0.15) is 0 Å². The second kappa shape index (κ2) is 2.52. The Balaban J connectivity index is 2.35. The Morgan fingerprint density at radius 2 is 2.25 bits per heavy atom. The van der Waals surface area contributed by atoms with Crippen LogP contribution in [0.15, 0.2) is 12.1 Å². The van der Waals surface area contributed by atoms with E-state index < -0.39 is 6.29 Å². The number of fused-ring (bicyclic) bond motifs is 1. The SMILES string of the molecule is Cc1[c]cc2c(c1)OC(C=O)O2. The van der Waals surface area contributed by atoms with Crippen LogP contribution in [0.2, 0.25) is 0 Å². The number of carbonyl (C=O) groups is 1. The van der Waals surface area contributed by atoms with E-state index in [1.54, 1.807) is 12.1 Å². The number of hydrogen-bond donors (Lipinski definition) is 0. The van der Waals surface area contributed by atoms with Crippen molar-refractivity contribution in [1.82, 2.24) is 0 Å². The molecule has 1 aliphatic rings. The van der Waals surface area contributed by atoms with Gasteiger partial charge in [0.25, 0.3) is 6.29 Å². The average Bonchev–Trinajstić information content (AvgIpc) is 2.46. The maximum atomic E-state index is 10.3. The van der Waals surface area contributed by atoms with E-state index in [4.69, 9.17) is 9.47 Å². The summed E-state index contributed by atoms with van der Waals surface area (Å²) in [5.74, 6) is 1.20. The summed E-state index contributed by atoms with van der Waals surface area (Å²) in [6.45, 7) is 1.90. The Labute approximate surface area is 69.9 Å². The number of benzene rings is 1. The van der Waals surface area contributed by atoms with E-state index in [0.717, 1.165) is 5.56 Å². The normalized spacial score (nSPS) is 19.2. The van der Waals surface area contributed by atoms with Crippen LogP contribution in [0.5, 0.6) is 11.5 Å². The van der Waals surface area contributed by atoms with Crippen molar-refractivity contribution in [3.63, 3.8) is 0 Å². The van der Waals surface area contributed by atoms with Gasteiger partial charge in [0, 0.05) is 0 Å². The summed E-state index contributed by atoms with van der Waals surface area (Å²) in [5.41, 5.74) is 0.962. The first-order valence-corrected chi connectivity index (χ1v) is 3.60. The molecule has 0 N–H and O–H groups in total. The van der Waals surface area contributed by atoms with Crippen LogP contribution in [0.3, 0.4) is 0 Å². The Morgan fingerprint density at radius 1 is 1.50 bits per heavy atom. The number of carbonyl (C=O) groups excluding carboxylic acids is 1. The minimum absolute atomic E-state index is 0.581. The van der Waals surface area contributed by atoms with Gasteiger partial charge in [-0.05, 0) is 30.7 Å². The van der Waals surface area contributed by atoms with Crippen LogP contribution in [0.25, 0.3) is 0 Å². The molecule has 1 aromatic carbocycles. The Bertz CT molecular complexity index is 320. The van der Waals surface area contributed by atoms with E-state index in [2.05, 4.69) is 6.07 Å². The molecule has 3 nitrogen and oxygen atoms in total. The molecule has 1 atom stereocenters. The van der Waals surface area contributed by atoms with E-state index in [1.165, 1.54) is 0 Å². The molecule has 0 saturated carbocycles. The highest BCUT2D eigenvalue weighted by molar-refractivity contribution is 5.59. The monoisotopic (exact) mass is 163 g/mol. The largest absolute Gasteiger partial charge is 0.444 e. The summed E-state index contributed by atoms with van der Waals surface area (Å²) >= 11 is 0. The Kier molecular flexibility index (Phi) is 1.50. The first-order chi connectivity index (χ1) is 5.79. The fourth-order valence-corrected chi connectivity index (χ4v) is 1.07. The van der Waals surface area contributed by atoms with Gasteiger partial charge in [-0.1, -0.05) is 0 Å². The van der Waals surface area contributed by atoms with Crippen LogP contribution in [-0.4, -0.2) is 12.6 Å². The molecule has 0 amide bonds. The van der Waals surface area contributed by atoms with E-state index in [-0.39, 0.29) is 0 Å². The molecule has 1 aromatic rings. The number of aldehydes is 1. The Hall–Kier alpha value is -1.51. The lowest BCUT2D eigenvalue weighted by atomic mass is 10.2. The molecule has 61 valence electrons. The molecule has 0 fully saturated rings. The van der Waals surface area contributed by atoms with E-state index in [0.29, 0.717) is 17.8 Å². The molecule has 0 aromatic heterocycles. The number of hydrogen-bond acceptors (Lipinski definition) is 3. The Morgan fingerprint density at radius 3 is 3.00 bits per heavy atom. The smallest absolute Gasteiger partial charge is 0.297 e. The number of ether oxygens (including phenoxy) is 2. The van der Waals surface area contributed by atoms with Crippen molar-refractivity contribution < 1.29 is 14.3 Å². The highest BCUT2D eigenvalue weighted by Gasteiger charge is 2.22.